The van der Waals surface area contributed by atoms with Crippen LogP contribution in [0.4, 0.5) is 13.2 Å². The van der Waals surface area contributed by atoms with Crippen LogP contribution in [0.1, 0.15) is 16.7 Å². The molecule has 0 saturated carbocycles. The van der Waals surface area contributed by atoms with Gasteiger partial charge in [-0.25, -0.2) is 0 Å². The number of nitrogens with zero attached hydrogens (tertiary/aromatic N) is 1. The Morgan fingerprint density at radius 1 is 1.40 bits per heavy atom. The quantitative estimate of drug-likeness (QED) is 0.765. The first kappa shape index (κ1) is 12.1. The molecule has 0 amide bonds. The molecule has 15 heavy (non-hydrogen) atoms. The highest BCUT2D eigenvalue weighted by molar-refractivity contribution is 9.10. The molecule has 0 aromatic heterocycles. The molecule has 0 aliphatic heterocycles. The minimum absolute atomic E-state index is 0.0195. The molecule has 1 aromatic carbocycles. The number of alkyl halides is 3. The molecule has 0 saturated heterocycles. The number of halogens is 4. The summed E-state index contributed by atoms with van der Waals surface area (Å²) >= 11 is 3.00. The maximum absolute atomic E-state index is 12.5. The summed E-state index contributed by atoms with van der Waals surface area (Å²) in [5.74, 6) is 0. The van der Waals surface area contributed by atoms with Gasteiger partial charge in [-0.05, 0) is 30.2 Å². The van der Waals surface area contributed by atoms with Gasteiger partial charge in [-0.1, -0.05) is 15.9 Å². The third kappa shape index (κ3) is 2.72. The lowest BCUT2D eigenvalue weighted by atomic mass is 10.0. The third-order valence-electron chi connectivity index (χ3n) is 2.05. The summed E-state index contributed by atoms with van der Waals surface area (Å²) < 4.78 is 38.0. The lowest BCUT2D eigenvalue weighted by Crippen LogP contribution is -2.09. The smallest absolute Gasteiger partial charge is 0.198 e. The standard InChI is InChI=1S/C10H7BrF3N/c1-6-7(2-3-15)4-8(11)5-9(6)10(12,13)14/h4-5H,2H2,1H3. The van der Waals surface area contributed by atoms with E-state index in [1.165, 1.54) is 13.0 Å². The first-order valence-electron chi connectivity index (χ1n) is 4.09. The molecule has 0 atom stereocenters. The second kappa shape index (κ2) is 4.23. The van der Waals surface area contributed by atoms with Crippen LogP contribution in [-0.2, 0) is 12.6 Å². The fourth-order valence-corrected chi connectivity index (χ4v) is 1.80. The van der Waals surface area contributed by atoms with Gasteiger partial charge in [0.1, 0.15) is 0 Å². The molecule has 0 bridgehead atoms. The largest absolute Gasteiger partial charge is 0.416 e. The zero-order chi connectivity index (χ0) is 11.6. The summed E-state index contributed by atoms with van der Waals surface area (Å²) in [6.07, 6.45) is -4.40. The first-order valence-corrected chi connectivity index (χ1v) is 4.88. The highest BCUT2D eigenvalue weighted by Crippen LogP contribution is 2.35. The van der Waals surface area contributed by atoms with Crippen LogP contribution in [0.25, 0.3) is 0 Å². The van der Waals surface area contributed by atoms with E-state index in [2.05, 4.69) is 15.9 Å². The van der Waals surface area contributed by atoms with E-state index < -0.39 is 11.7 Å². The molecule has 0 N–H and O–H groups in total. The summed E-state index contributed by atoms with van der Waals surface area (Å²) in [5.41, 5.74) is -0.173. The Bertz CT molecular complexity index is 418. The van der Waals surface area contributed by atoms with Crippen LogP contribution in [0.15, 0.2) is 16.6 Å². The molecular formula is C10H7BrF3N. The van der Waals surface area contributed by atoms with Crippen LogP contribution >= 0.6 is 15.9 Å². The number of hydrogen-bond donors (Lipinski definition) is 0. The number of nitriles is 1. The monoisotopic (exact) mass is 277 g/mol. The normalized spacial score (nSPS) is 11.2. The van der Waals surface area contributed by atoms with Crippen molar-refractivity contribution in [3.63, 3.8) is 0 Å². The van der Waals surface area contributed by atoms with Crippen molar-refractivity contribution in [3.05, 3.63) is 33.3 Å². The molecule has 0 aliphatic rings. The third-order valence-corrected chi connectivity index (χ3v) is 2.51. The van der Waals surface area contributed by atoms with Crippen LogP contribution in [0.5, 0.6) is 0 Å². The maximum Gasteiger partial charge on any atom is 0.416 e. The molecule has 1 nitrogen and oxygen atoms in total. The van der Waals surface area contributed by atoms with Gasteiger partial charge in [0, 0.05) is 4.47 Å². The summed E-state index contributed by atoms with van der Waals surface area (Å²) in [4.78, 5) is 0. The van der Waals surface area contributed by atoms with Crippen molar-refractivity contribution in [2.75, 3.05) is 0 Å². The molecule has 5 heteroatoms. The first-order chi connectivity index (χ1) is 6.86. The molecule has 80 valence electrons. The van der Waals surface area contributed by atoms with Crippen LogP contribution in [-0.4, -0.2) is 0 Å². The van der Waals surface area contributed by atoms with E-state index in [1.807, 2.05) is 6.07 Å². The van der Waals surface area contributed by atoms with Crippen molar-refractivity contribution in [2.45, 2.75) is 19.5 Å². The van der Waals surface area contributed by atoms with Gasteiger partial charge in [-0.15, -0.1) is 0 Å². The Labute approximate surface area is 93.6 Å². The Morgan fingerprint density at radius 2 is 2.00 bits per heavy atom. The Balaban J connectivity index is 3.36. The van der Waals surface area contributed by atoms with E-state index in [1.54, 1.807) is 0 Å². The minimum atomic E-state index is -4.38. The second-order valence-corrected chi connectivity index (χ2v) is 3.99. The van der Waals surface area contributed by atoms with Crippen molar-refractivity contribution in [1.29, 1.82) is 5.26 Å². The molecule has 0 heterocycles. The van der Waals surface area contributed by atoms with Gasteiger partial charge >= 0.3 is 6.18 Å². The SMILES string of the molecule is Cc1c(CC#N)cc(Br)cc1C(F)(F)F. The van der Waals surface area contributed by atoms with Crippen molar-refractivity contribution >= 4 is 15.9 Å². The van der Waals surface area contributed by atoms with Crippen LogP contribution in [0.2, 0.25) is 0 Å². The molecule has 0 radical (unpaired) electrons. The maximum atomic E-state index is 12.5. The van der Waals surface area contributed by atoms with Crippen LogP contribution < -0.4 is 0 Å². The molecule has 0 spiro atoms. The van der Waals surface area contributed by atoms with E-state index in [4.69, 9.17) is 5.26 Å². The van der Waals surface area contributed by atoms with Crippen LogP contribution in [0, 0.1) is 18.3 Å². The average Bonchev–Trinajstić information content (AvgIpc) is 2.09. The Kier molecular flexibility index (Phi) is 3.40. The second-order valence-electron chi connectivity index (χ2n) is 3.07. The summed E-state index contributed by atoms with van der Waals surface area (Å²) in [7, 11) is 0. The van der Waals surface area contributed by atoms with Gasteiger partial charge < -0.3 is 0 Å². The van der Waals surface area contributed by atoms with Gasteiger partial charge in [0.05, 0.1) is 18.1 Å². The Morgan fingerprint density at radius 3 is 2.47 bits per heavy atom. The zero-order valence-corrected chi connectivity index (χ0v) is 9.41. The lowest BCUT2D eigenvalue weighted by Gasteiger charge is -2.13. The lowest BCUT2D eigenvalue weighted by molar-refractivity contribution is -0.138. The fourth-order valence-electron chi connectivity index (χ4n) is 1.30. The minimum Gasteiger partial charge on any atom is -0.198 e. The topological polar surface area (TPSA) is 23.8 Å². The van der Waals surface area contributed by atoms with Crippen molar-refractivity contribution in [1.82, 2.24) is 0 Å². The molecule has 0 unspecified atom stereocenters. The van der Waals surface area contributed by atoms with Crippen LogP contribution in [0.3, 0.4) is 0 Å². The van der Waals surface area contributed by atoms with Crippen molar-refractivity contribution in [3.8, 4) is 6.07 Å². The fraction of sp³-hybridized carbons (Fsp3) is 0.300. The average molecular weight is 278 g/mol. The van der Waals surface area contributed by atoms with Crippen molar-refractivity contribution < 1.29 is 13.2 Å². The number of rotatable bonds is 1. The van der Waals surface area contributed by atoms with E-state index >= 15 is 0 Å². The van der Waals surface area contributed by atoms with Gasteiger partial charge in [0.2, 0.25) is 0 Å². The van der Waals surface area contributed by atoms with Gasteiger partial charge in [-0.2, -0.15) is 18.4 Å². The Hall–Kier alpha value is -1.02. The zero-order valence-electron chi connectivity index (χ0n) is 7.82. The molecule has 0 fully saturated rings. The van der Waals surface area contributed by atoms with E-state index in [0.29, 0.717) is 10.0 Å². The molecule has 0 aliphatic carbocycles. The van der Waals surface area contributed by atoms with Crippen molar-refractivity contribution in [2.24, 2.45) is 0 Å². The van der Waals surface area contributed by atoms with Gasteiger partial charge in [0.25, 0.3) is 0 Å². The van der Waals surface area contributed by atoms with E-state index in [-0.39, 0.29) is 12.0 Å². The van der Waals surface area contributed by atoms with E-state index in [9.17, 15) is 13.2 Å². The summed E-state index contributed by atoms with van der Waals surface area (Å²) in [5, 5.41) is 8.48. The summed E-state index contributed by atoms with van der Waals surface area (Å²) in [6, 6.07) is 4.40. The number of benzene rings is 1. The summed E-state index contributed by atoms with van der Waals surface area (Å²) in [6.45, 7) is 1.38. The predicted octanol–water partition coefficient (Wildman–Crippen LogP) is 3.84. The van der Waals surface area contributed by atoms with Gasteiger partial charge in [0.15, 0.2) is 0 Å². The van der Waals surface area contributed by atoms with Gasteiger partial charge in [-0.3, -0.25) is 0 Å². The van der Waals surface area contributed by atoms with E-state index in [0.717, 1.165) is 6.07 Å². The molecular weight excluding hydrogens is 271 g/mol. The molecule has 1 aromatic rings. The molecule has 1 rings (SSSR count). The predicted molar refractivity (Wildman–Crippen MR) is 53.2 cm³/mol. The highest BCUT2D eigenvalue weighted by atomic mass is 79.9. The number of hydrogen-bond acceptors (Lipinski definition) is 1. The highest BCUT2D eigenvalue weighted by Gasteiger charge is 2.33.